The summed E-state index contributed by atoms with van der Waals surface area (Å²) in [5.41, 5.74) is 1.91. The van der Waals surface area contributed by atoms with Crippen LogP contribution in [0.25, 0.3) is 21.9 Å². The fourth-order valence-electron chi connectivity index (χ4n) is 4.08. The lowest BCUT2D eigenvalue weighted by atomic mass is 10.1. The van der Waals surface area contributed by atoms with E-state index in [1.165, 1.54) is 26.3 Å². The third kappa shape index (κ3) is 2.53. The first-order chi connectivity index (χ1) is 13.3. The summed E-state index contributed by atoms with van der Waals surface area (Å²) in [4.78, 5) is 0. The summed E-state index contributed by atoms with van der Waals surface area (Å²) in [6.45, 7) is 2.45. The van der Waals surface area contributed by atoms with E-state index in [2.05, 4.69) is 97.5 Å². The van der Waals surface area contributed by atoms with Crippen LogP contribution in [0.4, 0.5) is 0 Å². The zero-order valence-electron chi connectivity index (χ0n) is 15.2. The van der Waals surface area contributed by atoms with E-state index in [1.807, 2.05) is 12.1 Å². The average molecular weight is 365 g/mol. The first kappa shape index (κ1) is 16.1. The van der Waals surface area contributed by atoms with E-state index in [0.717, 1.165) is 11.2 Å². The molecule has 0 spiro atoms. The Balaban J connectivity index is 1.81. The van der Waals surface area contributed by atoms with Crippen LogP contribution >= 0.6 is 0 Å². The van der Waals surface area contributed by atoms with Gasteiger partial charge < -0.3 is 4.42 Å². The topological polar surface area (TPSA) is 13.1 Å². The lowest BCUT2D eigenvalue weighted by molar-refractivity contribution is 0.669. The first-order valence-electron chi connectivity index (χ1n) is 9.29. The van der Waals surface area contributed by atoms with Crippen molar-refractivity contribution in [2.75, 3.05) is 0 Å². The Hall–Kier alpha value is -3.10. The van der Waals surface area contributed by atoms with Crippen molar-refractivity contribution in [1.29, 1.82) is 0 Å². The molecule has 0 radical (unpaired) electrons. The third-order valence-corrected chi connectivity index (χ3v) is 10.1. The van der Waals surface area contributed by atoms with E-state index < -0.39 is 8.07 Å². The van der Waals surface area contributed by atoms with E-state index in [4.69, 9.17) is 4.42 Å². The van der Waals surface area contributed by atoms with Gasteiger partial charge in [-0.3, -0.25) is 0 Å². The zero-order valence-corrected chi connectivity index (χ0v) is 16.2. The van der Waals surface area contributed by atoms with Gasteiger partial charge in [0.15, 0.2) is 0 Å². The highest BCUT2D eigenvalue weighted by Gasteiger charge is 2.34. The van der Waals surface area contributed by atoms with Crippen molar-refractivity contribution in [2.24, 2.45) is 0 Å². The number of para-hydroxylation sites is 1. The SMILES string of the molecule is C[Si](c1ccccc1)(c1ccccc1)c1ccc2oc3ccccc3c2c1. The van der Waals surface area contributed by atoms with Crippen LogP contribution in [0.2, 0.25) is 6.55 Å². The molecule has 0 aliphatic heterocycles. The molecular weight excluding hydrogens is 344 g/mol. The molecule has 0 atom stereocenters. The van der Waals surface area contributed by atoms with Crippen LogP contribution in [-0.4, -0.2) is 8.07 Å². The summed E-state index contributed by atoms with van der Waals surface area (Å²) in [7, 11) is -2.10. The van der Waals surface area contributed by atoms with Gasteiger partial charge in [-0.25, -0.2) is 0 Å². The Kier molecular flexibility index (Phi) is 3.73. The quantitative estimate of drug-likeness (QED) is 0.334. The Morgan fingerprint density at radius 3 is 1.74 bits per heavy atom. The van der Waals surface area contributed by atoms with Crippen molar-refractivity contribution >= 4 is 45.6 Å². The molecule has 0 saturated carbocycles. The maximum atomic E-state index is 6.05. The summed E-state index contributed by atoms with van der Waals surface area (Å²) >= 11 is 0. The number of furan rings is 1. The minimum Gasteiger partial charge on any atom is -0.456 e. The summed E-state index contributed by atoms with van der Waals surface area (Å²) in [6, 6.07) is 36.9. The molecule has 1 nitrogen and oxygen atoms in total. The predicted octanol–water partition coefficient (Wildman–Crippen LogP) is 4.69. The second-order valence-corrected chi connectivity index (χ2v) is 11.1. The third-order valence-electron chi connectivity index (χ3n) is 5.66. The van der Waals surface area contributed by atoms with Gasteiger partial charge in [0.05, 0.1) is 0 Å². The van der Waals surface area contributed by atoms with Gasteiger partial charge in [-0.2, -0.15) is 0 Å². The van der Waals surface area contributed by atoms with Gasteiger partial charge in [0, 0.05) is 10.8 Å². The second kappa shape index (κ2) is 6.25. The molecule has 2 heteroatoms. The van der Waals surface area contributed by atoms with Crippen molar-refractivity contribution in [1.82, 2.24) is 0 Å². The highest BCUT2D eigenvalue weighted by molar-refractivity contribution is 7.10. The summed E-state index contributed by atoms with van der Waals surface area (Å²) in [6.07, 6.45) is 0. The highest BCUT2D eigenvalue weighted by atomic mass is 28.3. The Morgan fingerprint density at radius 2 is 1.07 bits per heavy atom. The minimum absolute atomic E-state index is 0.951. The summed E-state index contributed by atoms with van der Waals surface area (Å²) in [5, 5.41) is 6.63. The standard InChI is InChI=1S/C25H20OSi/c1-27(19-10-4-2-5-11-19,20-12-6-3-7-13-20)21-16-17-25-23(18-21)22-14-8-9-15-24(22)26-25/h2-18H,1H3. The van der Waals surface area contributed by atoms with Crippen LogP contribution in [0.15, 0.2) is 108 Å². The fourth-order valence-corrected chi connectivity index (χ4v) is 7.65. The van der Waals surface area contributed by atoms with Crippen LogP contribution in [0.3, 0.4) is 0 Å². The van der Waals surface area contributed by atoms with Gasteiger partial charge in [0.1, 0.15) is 19.2 Å². The van der Waals surface area contributed by atoms with Crippen LogP contribution in [0, 0.1) is 0 Å². The molecule has 0 saturated heterocycles. The summed E-state index contributed by atoms with van der Waals surface area (Å²) in [5.74, 6) is 0. The average Bonchev–Trinajstić information content (AvgIpc) is 3.12. The van der Waals surface area contributed by atoms with Gasteiger partial charge in [-0.1, -0.05) is 97.5 Å². The number of rotatable bonds is 3. The van der Waals surface area contributed by atoms with Gasteiger partial charge >= 0.3 is 0 Å². The van der Waals surface area contributed by atoms with Gasteiger partial charge in [0.25, 0.3) is 0 Å². The largest absolute Gasteiger partial charge is 0.456 e. The van der Waals surface area contributed by atoms with Gasteiger partial charge in [-0.05, 0) is 27.7 Å². The number of benzene rings is 4. The first-order valence-corrected chi connectivity index (χ1v) is 11.8. The Labute approximate surface area is 159 Å². The van der Waals surface area contributed by atoms with Gasteiger partial charge in [-0.15, -0.1) is 0 Å². The minimum atomic E-state index is -2.10. The number of hydrogen-bond acceptors (Lipinski definition) is 1. The number of hydrogen-bond donors (Lipinski definition) is 0. The second-order valence-electron chi connectivity index (χ2n) is 7.17. The molecule has 1 heterocycles. The highest BCUT2D eigenvalue weighted by Crippen LogP contribution is 2.28. The fraction of sp³-hybridized carbons (Fsp3) is 0.0400. The zero-order chi connectivity index (χ0) is 18.3. The van der Waals surface area contributed by atoms with Crippen molar-refractivity contribution in [3.63, 3.8) is 0 Å². The molecule has 5 rings (SSSR count). The van der Waals surface area contributed by atoms with Crippen LogP contribution in [0.5, 0.6) is 0 Å². The predicted molar refractivity (Wildman–Crippen MR) is 117 cm³/mol. The van der Waals surface area contributed by atoms with Crippen molar-refractivity contribution < 1.29 is 4.42 Å². The molecule has 0 aliphatic rings. The van der Waals surface area contributed by atoms with Crippen molar-refractivity contribution in [3.05, 3.63) is 103 Å². The van der Waals surface area contributed by atoms with E-state index >= 15 is 0 Å². The monoisotopic (exact) mass is 364 g/mol. The van der Waals surface area contributed by atoms with Crippen LogP contribution < -0.4 is 15.6 Å². The molecule has 5 aromatic rings. The lowest BCUT2D eigenvalue weighted by Crippen LogP contribution is -2.64. The molecule has 27 heavy (non-hydrogen) atoms. The van der Waals surface area contributed by atoms with E-state index in [0.29, 0.717) is 0 Å². The molecule has 4 aromatic carbocycles. The van der Waals surface area contributed by atoms with Gasteiger partial charge in [0.2, 0.25) is 0 Å². The molecule has 130 valence electrons. The van der Waals surface area contributed by atoms with E-state index in [-0.39, 0.29) is 0 Å². The molecular formula is C25H20OSi. The lowest BCUT2D eigenvalue weighted by Gasteiger charge is -2.29. The molecule has 0 N–H and O–H groups in total. The Bertz CT molecular complexity index is 1180. The number of fused-ring (bicyclic) bond motifs is 3. The Morgan fingerprint density at radius 1 is 0.519 bits per heavy atom. The maximum absolute atomic E-state index is 6.05. The van der Waals surface area contributed by atoms with Crippen molar-refractivity contribution in [2.45, 2.75) is 6.55 Å². The smallest absolute Gasteiger partial charge is 0.145 e. The molecule has 0 amide bonds. The van der Waals surface area contributed by atoms with Crippen molar-refractivity contribution in [3.8, 4) is 0 Å². The maximum Gasteiger partial charge on any atom is 0.145 e. The molecule has 0 aliphatic carbocycles. The summed E-state index contributed by atoms with van der Waals surface area (Å²) < 4.78 is 6.05. The van der Waals surface area contributed by atoms with Crippen LogP contribution in [-0.2, 0) is 0 Å². The molecule has 0 unspecified atom stereocenters. The normalized spacial score (nSPS) is 11.9. The molecule has 0 fully saturated rings. The molecule has 0 bridgehead atoms. The van der Waals surface area contributed by atoms with E-state index in [1.54, 1.807) is 0 Å². The van der Waals surface area contributed by atoms with E-state index in [9.17, 15) is 0 Å². The molecule has 1 aromatic heterocycles. The van der Waals surface area contributed by atoms with Crippen LogP contribution in [0.1, 0.15) is 0 Å².